The van der Waals surface area contributed by atoms with Gasteiger partial charge in [-0.25, -0.2) is 15.0 Å². The number of rotatable bonds is 3. The molecule has 0 N–H and O–H groups in total. The van der Waals surface area contributed by atoms with E-state index in [9.17, 15) is 4.79 Å². The maximum Gasteiger partial charge on any atom is 0.228 e. The third-order valence-corrected chi connectivity index (χ3v) is 4.77. The van der Waals surface area contributed by atoms with Crippen molar-refractivity contribution in [2.45, 2.75) is 13.3 Å². The van der Waals surface area contributed by atoms with Crippen molar-refractivity contribution < 1.29 is 9.53 Å². The number of aromatic nitrogens is 4. The van der Waals surface area contributed by atoms with Crippen molar-refractivity contribution in [3.63, 3.8) is 0 Å². The van der Waals surface area contributed by atoms with E-state index in [1.54, 1.807) is 12.5 Å². The van der Waals surface area contributed by atoms with Gasteiger partial charge in [0.05, 0.1) is 12.5 Å². The Morgan fingerprint density at radius 2 is 2.00 bits per heavy atom. The van der Waals surface area contributed by atoms with Gasteiger partial charge in [0.15, 0.2) is 0 Å². The number of anilines is 1. The average Bonchev–Trinajstić information content (AvgIpc) is 3.34. The van der Waals surface area contributed by atoms with Gasteiger partial charge in [-0.2, -0.15) is 0 Å². The second kappa shape index (κ2) is 6.79. The van der Waals surface area contributed by atoms with E-state index < -0.39 is 0 Å². The number of carbonyl (C=O) groups excluding carboxylic acids is 1. The summed E-state index contributed by atoms with van der Waals surface area (Å²) in [6.45, 7) is 6.16. The number of piperazine rings is 1. The number of hydrogen-bond donors (Lipinski definition) is 0. The molecule has 4 rings (SSSR count). The second-order valence-electron chi connectivity index (χ2n) is 6.47. The number of hydrogen-bond acceptors (Lipinski definition) is 6. The molecule has 0 saturated carbocycles. The van der Waals surface area contributed by atoms with Crippen LogP contribution in [0.25, 0.3) is 5.82 Å². The highest BCUT2D eigenvalue weighted by atomic mass is 16.5. The summed E-state index contributed by atoms with van der Waals surface area (Å²) in [5, 5.41) is 0. The Bertz CT molecular complexity index is 734. The molecule has 4 heterocycles. The van der Waals surface area contributed by atoms with E-state index in [0.717, 1.165) is 50.1 Å². The maximum atomic E-state index is 12.5. The van der Waals surface area contributed by atoms with Gasteiger partial charge in [-0.15, -0.1) is 0 Å². The van der Waals surface area contributed by atoms with Crippen molar-refractivity contribution in [1.29, 1.82) is 0 Å². The molecule has 2 fully saturated rings. The summed E-state index contributed by atoms with van der Waals surface area (Å²) < 4.78 is 7.21. The van der Waals surface area contributed by atoms with Crippen LogP contribution in [0, 0.1) is 12.8 Å². The van der Waals surface area contributed by atoms with Gasteiger partial charge in [0.1, 0.15) is 23.8 Å². The number of carbonyl (C=O) groups is 1. The Morgan fingerprint density at radius 1 is 1.20 bits per heavy atom. The molecule has 8 heteroatoms. The van der Waals surface area contributed by atoms with E-state index in [0.29, 0.717) is 13.2 Å². The van der Waals surface area contributed by atoms with E-state index in [-0.39, 0.29) is 11.8 Å². The molecule has 2 saturated heterocycles. The van der Waals surface area contributed by atoms with Crippen LogP contribution in [0.15, 0.2) is 24.8 Å². The van der Waals surface area contributed by atoms with Gasteiger partial charge >= 0.3 is 0 Å². The minimum Gasteiger partial charge on any atom is -0.381 e. The van der Waals surface area contributed by atoms with Crippen LogP contribution < -0.4 is 4.90 Å². The van der Waals surface area contributed by atoms with Crippen LogP contribution >= 0.6 is 0 Å². The number of aryl methyl sites for hydroxylation is 1. The highest BCUT2D eigenvalue weighted by Crippen LogP contribution is 2.20. The van der Waals surface area contributed by atoms with Crippen LogP contribution in [-0.2, 0) is 9.53 Å². The van der Waals surface area contributed by atoms with Crippen molar-refractivity contribution in [3.8, 4) is 5.82 Å². The summed E-state index contributed by atoms with van der Waals surface area (Å²) in [7, 11) is 0. The molecular weight excluding hydrogens is 320 g/mol. The van der Waals surface area contributed by atoms with Crippen LogP contribution in [0.1, 0.15) is 12.2 Å². The van der Waals surface area contributed by atoms with E-state index in [2.05, 4.69) is 19.9 Å². The summed E-state index contributed by atoms with van der Waals surface area (Å²) in [6, 6.07) is 1.97. The van der Waals surface area contributed by atoms with Crippen LogP contribution in [0.2, 0.25) is 0 Å². The van der Waals surface area contributed by atoms with Crippen LogP contribution in [-0.4, -0.2) is 69.7 Å². The van der Waals surface area contributed by atoms with Crippen LogP contribution in [0.3, 0.4) is 0 Å². The lowest BCUT2D eigenvalue weighted by molar-refractivity contribution is -0.135. The molecule has 2 aliphatic rings. The molecule has 0 radical (unpaired) electrons. The molecule has 25 heavy (non-hydrogen) atoms. The molecule has 2 aromatic rings. The lowest BCUT2D eigenvalue weighted by Crippen LogP contribution is -2.50. The van der Waals surface area contributed by atoms with Gasteiger partial charge < -0.3 is 14.5 Å². The van der Waals surface area contributed by atoms with Gasteiger partial charge in [-0.3, -0.25) is 9.36 Å². The summed E-state index contributed by atoms with van der Waals surface area (Å²) in [6.07, 6.45) is 6.17. The molecule has 132 valence electrons. The first-order chi connectivity index (χ1) is 12.2. The molecular formula is C17H22N6O2. The average molecular weight is 342 g/mol. The largest absolute Gasteiger partial charge is 0.381 e. The van der Waals surface area contributed by atoms with E-state index in [4.69, 9.17) is 4.74 Å². The zero-order valence-corrected chi connectivity index (χ0v) is 14.3. The Balaban J connectivity index is 1.45. The zero-order chi connectivity index (χ0) is 17.2. The Kier molecular flexibility index (Phi) is 4.35. The smallest absolute Gasteiger partial charge is 0.228 e. The predicted octanol–water partition coefficient (Wildman–Crippen LogP) is 0.656. The first-order valence-electron chi connectivity index (χ1n) is 8.66. The van der Waals surface area contributed by atoms with Gasteiger partial charge in [-0.1, -0.05) is 0 Å². The quantitative estimate of drug-likeness (QED) is 0.815. The first-order valence-corrected chi connectivity index (χ1v) is 8.66. The minimum atomic E-state index is 0.0423. The summed E-state index contributed by atoms with van der Waals surface area (Å²) in [5.41, 5.74) is 0. The molecule has 2 aromatic heterocycles. The number of nitrogens with zero attached hydrogens (tertiary/aromatic N) is 6. The molecule has 0 bridgehead atoms. The molecule has 2 aliphatic heterocycles. The zero-order valence-electron chi connectivity index (χ0n) is 14.3. The molecule has 1 amide bonds. The molecule has 0 aromatic carbocycles. The van der Waals surface area contributed by atoms with Gasteiger partial charge in [-0.05, 0) is 13.3 Å². The maximum absolute atomic E-state index is 12.5. The number of amides is 1. The third-order valence-electron chi connectivity index (χ3n) is 4.77. The molecule has 0 spiro atoms. The lowest BCUT2D eigenvalue weighted by Gasteiger charge is -2.36. The molecule has 8 nitrogen and oxygen atoms in total. The number of imidazole rings is 1. The van der Waals surface area contributed by atoms with Crippen molar-refractivity contribution in [1.82, 2.24) is 24.4 Å². The van der Waals surface area contributed by atoms with Gasteiger partial charge in [0.2, 0.25) is 5.91 Å². The Hall–Kier alpha value is -2.48. The van der Waals surface area contributed by atoms with E-state index in [1.165, 1.54) is 0 Å². The third kappa shape index (κ3) is 3.34. The van der Waals surface area contributed by atoms with Crippen molar-refractivity contribution in [2.75, 3.05) is 44.3 Å². The lowest BCUT2D eigenvalue weighted by atomic mass is 10.1. The fourth-order valence-electron chi connectivity index (χ4n) is 3.37. The van der Waals surface area contributed by atoms with Gasteiger partial charge in [0.25, 0.3) is 0 Å². The molecule has 1 unspecified atom stereocenters. The predicted molar refractivity (Wildman–Crippen MR) is 91.6 cm³/mol. The standard InChI is InChI=1S/C17H22N6O2/c1-13-19-15(10-16(20-13)23-4-3-18-12-23)21-5-7-22(8-6-21)17(24)14-2-9-25-11-14/h3-4,10,12,14H,2,5-9,11H2,1H3. The summed E-state index contributed by atoms with van der Waals surface area (Å²) >= 11 is 0. The summed E-state index contributed by atoms with van der Waals surface area (Å²) in [4.78, 5) is 29.8. The molecule has 1 atom stereocenters. The minimum absolute atomic E-state index is 0.0423. The van der Waals surface area contributed by atoms with Crippen molar-refractivity contribution in [3.05, 3.63) is 30.6 Å². The fourth-order valence-corrected chi connectivity index (χ4v) is 3.37. The summed E-state index contributed by atoms with van der Waals surface area (Å²) in [5.74, 6) is 2.70. The van der Waals surface area contributed by atoms with Crippen LogP contribution in [0.5, 0.6) is 0 Å². The van der Waals surface area contributed by atoms with E-state index in [1.807, 2.05) is 28.7 Å². The first kappa shape index (κ1) is 16.0. The molecule has 0 aliphatic carbocycles. The fraction of sp³-hybridized carbons (Fsp3) is 0.529. The van der Waals surface area contributed by atoms with E-state index >= 15 is 0 Å². The van der Waals surface area contributed by atoms with Crippen molar-refractivity contribution >= 4 is 11.7 Å². The second-order valence-corrected chi connectivity index (χ2v) is 6.47. The monoisotopic (exact) mass is 342 g/mol. The number of ether oxygens (including phenoxy) is 1. The SMILES string of the molecule is Cc1nc(N2CCN(C(=O)C3CCOC3)CC2)cc(-n2ccnc2)n1. The Labute approximate surface area is 146 Å². The van der Waals surface area contributed by atoms with Gasteiger partial charge in [0, 0.05) is 51.2 Å². The van der Waals surface area contributed by atoms with Crippen molar-refractivity contribution in [2.24, 2.45) is 5.92 Å². The highest BCUT2D eigenvalue weighted by Gasteiger charge is 2.30. The topological polar surface area (TPSA) is 76.4 Å². The Morgan fingerprint density at radius 3 is 2.68 bits per heavy atom. The highest BCUT2D eigenvalue weighted by molar-refractivity contribution is 5.79. The normalized spacial score (nSPS) is 20.9. The van der Waals surface area contributed by atoms with Crippen LogP contribution in [0.4, 0.5) is 5.82 Å².